The Hall–Kier alpha value is -1.79. The lowest BCUT2D eigenvalue weighted by Crippen LogP contribution is -2.14. The molecule has 0 saturated carbocycles. The van der Waals surface area contributed by atoms with Gasteiger partial charge in [-0.15, -0.1) is 0 Å². The van der Waals surface area contributed by atoms with Gasteiger partial charge in [0.1, 0.15) is 17.7 Å². The number of carbonyl (C=O) groups excluding carboxylic acids is 1. The molecule has 86 valence electrons. The molecule has 0 atom stereocenters. The van der Waals surface area contributed by atoms with E-state index in [0.717, 1.165) is 0 Å². The van der Waals surface area contributed by atoms with Gasteiger partial charge in [0.2, 0.25) is 0 Å². The summed E-state index contributed by atoms with van der Waals surface area (Å²) in [5.74, 6) is -0.289. The van der Waals surface area contributed by atoms with Crippen LogP contribution in [0.15, 0.2) is 25.0 Å². The number of anilines is 1. The van der Waals surface area contributed by atoms with Gasteiger partial charge in [0.15, 0.2) is 11.0 Å². The van der Waals surface area contributed by atoms with Gasteiger partial charge < -0.3 is 5.32 Å². The molecule has 0 aliphatic rings. The van der Waals surface area contributed by atoms with Gasteiger partial charge in [-0.25, -0.2) is 19.9 Å². The van der Waals surface area contributed by atoms with Crippen LogP contribution in [0, 0.1) is 0 Å². The van der Waals surface area contributed by atoms with Crippen molar-refractivity contribution in [3.8, 4) is 0 Å². The van der Waals surface area contributed by atoms with E-state index in [0.29, 0.717) is 5.56 Å². The van der Waals surface area contributed by atoms with Crippen LogP contribution in [0.3, 0.4) is 0 Å². The Kier molecular flexibility index (Phi) is 3.46. The molecule has 2 aromatic heterocycles. The van der Waals surface area contributed by atoms with Crippen LogP contribution < -0.4 is 5.32 Å². The van der Waals surface area contributed by atoms with E-state index in [1.54, 1.807) is 0 Å². The Labute approximate surface area is 106 Å². The monoisotopic (exact) mass is 269 g/mol. The van der Waals surface area contributed by atoms with E-state index >= 15 is 0 Å². The smallest absolute Gasteiger partial charge is 0.259 e. The fraction of sp³-hybridized carbons (Fsp3) is 0. The van der Waals surface area contributed by atoms with Crippen molar-refractivity contribution in [1.29, 1.82) is 0 Å². The maximum Gasteiger partial charge on any atom is 0.259 e. The van der Waals surface area contributed by atoms with Crippen molar-refractivity contribution in [2.24, 2.45) is 0 Å². The maximum absolute atomic E-state index is 11.7. The van der Waals surface area contributed by atoms with Gasteiger partial charge in [0.05, 0.1) is 5.56 Å². The second-order valence-corrected chi connectivity index (χ2v) is 3.64. The van der Waals surface area contributed by atoms with Crippen LogP contribution in [0.4, 0.5) is 5.82 Å². The molecule has 0 aliphatic heterocycles. The van der Waals surface area contributed by atoms with Crippen LogP contribution in [0.2, 0.25) is 10.2 Å². The maximum atomic E-state index is 11.7. The van der Waals surface area contributed by atoms with E-state index in [-0.39, 0.29) is 16.0 Å². The van der Waals surface area contributed by atoms with E-state index in [9.17, 15) is 4.79 Å². The third-order valence-electron chi connectivity index (χ3n) is 1.80. The predicted octanol–water partition coefficient (Wildman–Crippen LogP) is 1.83. The minimum Gasteiger partial charge on any atom is -0.305 e. The average Bonchev–Trinajstić information content (AvgIpc) is 2.36. The van der Waals surface area contributed by atoms with Gasteiger partial charge in [-0.05, 0) is 0 Å². The van der Waals surface area contributed by atoms with Gasteiger partial charge in [-0.1, -0.05) is 23.2 Å². The number of hydrogen-bond acceptors (Lipinski definition) is 5. The van der Waals surface area contributed by atoms with Crippen LogP contribution >= 0.6 is 23.2 Å². The quantitative estimate of drug-likeness (QED) is 0.842. The minimum atomic E-state index is -0.428. The normalized spacial score (nSPS) is 10.0. The van der Waals surface area contributed by atoms with Crippen LogP contribution in [-0.2, 0) is 0 Å². The molecule has 1 N–H and O–H groups in total. The molecule has 2 heterocycles. The second kappa shape index (κ2) is 5.03. The fourth-order valence-corrected chi connectivity index (χ4v) is 1.31. The number of hydrogen-bond donors (Lipinski definition) is 1. The topological polar surface area (TPSA) is 80.7 Å². The largest absolute Gasteiger partial charge is 0.305 e. The molecule has 0 spiro atoms. The molecular weight excluding hydrogens is 265 g/mol. The van der Waals surface area contributed by atoms with Crippen LogP contribution in [0.25, 0.3) is 0 Å². The van der Waals surface area contributed by atoms with Crippen molar-refractivity contribution in [3.05, 3.63) is 40.8 Å². The van der Waals surface area contributed by atoms with Crippen molar-refractivity contribution in [2.45, 2.75) is 0 Å². The van der Waals surface area contributed by atoms with Crippen LogP contribution in [0.5, 0.6) is 0 Å². The zero-order valence-corrected chi connectivity index (χ0v) is 9.77. The second-order valence-electron chi connectivity index (χ2n) is 2.91. The first kappa shape index (κ1) is 11.7. The molecule has 0 aliphatic carbocycles. The van der Waals surface area contributed by atoms with Gasteiger partial charge in [-0.2, -0.15) is 0 Å². The highest BCUT2D eigenvalue weighted by atomic mass is 35.5. The Bertz CT molecular complexity index is 548. The average molecular weight is 270 g/mol. The molecule has 2 rings (SSSR count). The molecule has 2 aromatic rings. The summed E-state index contributed by atoms with van der Waals surface area (Å²) in [4.78, 5) is 26.6. The van der Waals surface area contributed by atoms with Crippen molar-refractivity contribution in [2.75, 3.05) is 5.32 Å². The van der Waals surface area contributed by atoms with Crippen molar-refractivity contribution >= 4 is 34.9 Å². The standard InChI is InChI=1S/C9H5Cl2N5O/c10-6-7(11)14-4-15-8(6)16-9(17)5-1-12-3-13-2-5/h1-4H,(H,14,15,16,17). The van der Waals surface area contributed by atoms with Crippen molar-refractivity contribution in [1.82, 2.24) is 19.9 Å². The summed E-state index contributed by atoms with van der Waals surface area (Å²) < 4.78 is 0. The summed E-state index contributed by atoms with van der Waals surface area (Å²) in [6, 6.07) is 0. The Balaban J connectivity index is 2.22. The molecule has 0 bridgehead atoms. The van der Waals surface area contributed by atoms with Gasteiger partial charge in [0, 0.05) is 12.4 Å². The van der Waals surface area contributed by atoms with E-state index in [1.807, 2.05) is 0 Å². The lowest BCUT2D eigenvalue weighted by atomic mass is 10.3. The third-order valence-corrected chi connectivity index (χ3v) is 2.54. The molecule has 0 aromatic carbocycles. The molecule has 6 nitrogen and oxygen atoms in total. The molecule has 0 unspecified atom stereocenters. The number of amides is 1. The molecule has 0 saturated heterocycles. The lowest BCUT2D eigenvalue weighted by Gasteiger charge is -2.05. The molecular formula is C9H5Cl2N5O. The lowest BCUT2D eigenvalue weighted by molar-refractivity contribution is 0.102. The Morgan fingerprint density at radius 3 is 2.53 bits per heavy atom. The number of halogens is 2. The van der Waals surface area contributed by atoms with E-state index in [1.165, 1.54) is 25.0 Å². The van der Waals surface area contributed by atoms with Crippen LogP contribution in [0.1, 0.15) is 10.4 Å². The highest BCUT2D eigenvalue weighted by molar-refractivity contribution is 6.43. The van der Waals surface area contributed by atoms with E-state index in [2.05, 4.69) is 25.3 Å². The SMILES string of the molecule is O=C(Nc1ncnc(Cl)c1Cl)c1cncnc1. The third kappa shape index (κ3) is 2.66. The highest BCUT2D eigenvalue weighted by Gasteiger charge is 2.12. The number of nitrogens with zero attached hydrogens (tertiary/aromatic N) is 4. The zero-order chi connectivity index (χ0) is 12.3. The Morgan fingerprint density at radius 1 is 1.12 bits per heavy atom. The first-order valence-corrected chi connectivity index (χ1v) is 5.16. The molecule has 17 heavy (non-hydrogen) atoms. The Morgan fingerprint density at radius 2 is 1.82 bits per heavy atom. The number of carbonyl (C=O) groups is 1. The summed E-state index contributed by atoms with van der Waals surface area (Å²) in [7, 11) is 0. The summed E-state index contributed by atoms with van der Waals surface area (Å²) in [6.45, 7) is 0. The zero-order valence-electron chi connectivity index (χ0n) is 8.26. The summed E-state index contributed by atoms with van der Waals surface area (Å²) in [5, 5.41) is 2.63. The summed E-state index contributed by atoms with van der Waals surface area (Å²) in [5.41, 5.74) is 0.290. The van der Waals surface area contributed by atoms with Gasteiger partial charge in [0.25, 0.3) is 5.91 Å². The summed E-state index contributed by atoms with van der Waals surface area (Å²) in [6.07, 6.45) is 5.27. The first-order valence-electron chi connectivity index (χ1n) is 4.41. The molecule has 1 amide bonds. The van der Waals surface area contributed by atoms with Crippen molar-refractivity contribution in [3.63, 3.8) is 0 Å². The van der Waals surface area contributed by atoms with Gasteiger partial charge in [-0.3, -0.25) is 4.79 Å². The molecule has 0 fully saturated rings. The predicted molar refractivity (Wildman–Crippen MR) is 62.0 cm³/mol. The molecule has 8 heteroatoms. The van der Waals surface area contributed by atoms with Crippen LogP contribution in [-0.4, -0.2) is 25.8 Å². The minimum absolute atomic E-state index is 0.0706. The fourth-order valence-electron chi connectivity index (χ4n) is 1.03. The first-order chi connectivity index (χ1) is 8.18. The highest BCUT2D eigenvalue weighted by Crippen LogP contribution is 2.25. The van der Waals surface area contributed by atoms with E-state index < -0.39 is 5.91 Å². The summed E-state index contributed by atoms with van der Waals surface area (Å²) >= 11 is 11.5. The van der Waals surface area contributed by atoms with E-state index in [4.69, 9.17) is 23.2 Å². The number of aromatic nitrogens is 4. The number of nitrogens with one attached hydrogen (secondary N) is 1. The number of rotatable bonds is 2. The van der Waals surface area contributed by atoms with Gasteiger partial charge >= 0.3 is 0 Å². The van der Waals surface area contributed by atoms with Crippen molar-refractivity contribution < 1.29 is 4.79 Å². The molecule has 0 radical (unpaired) electrons.